The zero-order valence-electron chi connectivity index (χ0n) is 14.9. The van der Waals surface area contributed by atoms with E-state index in [1.54, 1.807) is 0 Å². The third-order valence-electron chi connectivity index (χ3n) is 3.40. The number of hydrogen-bond donors (Lipinski definition) is 3. The van der Waals surface area contributed by atoms with Crippen LogP contribution >= 0.6 is 0 Å². The molecule has 0 saturated carbocycles. The first-order chi connectivity index (χ1) is 12.0. The maximum absolute atomic E-state index is 12.4. The molecular formula is C18H19N3O5. The highest BCUT2D eigenvalue weighted by Crippen LogP contribution is 2.25. The third kappa shape index (κ3) is 4.00. The SMILES string of the molecule is Cn1c(=O)c(C(=O)NCC(=O)O)c(O)c2cc(C#CC(C)(C)C)cnc21. The lowest BCUT2D eigenvalue weighted by atomic mass is 9.97. The van der Waals surface area contributed by atoms with Gasteiger partial charge in [-0.15, -0.1) is 0 Å². The summed E-state index contributed by atoms with van der Waals surface area (Å²) in [6.07, 6.45) is 1.48. The molecule has 0 radical (unpaired) electrons. The number of aliphatic carboxylic acids is 1. The van der Waals surface area contributed by atoms with Gasteiger partial charge < -0.3 is 15.5 Å². The number of pyridine rings is 2. The van der Waals surface area contributed by atoms with E-state index in [4.69, 9.17) is 5.11 Å². The summed E-state index contributed by atoms with van der Waals surface area (Å²) in [5, 5.41) is 21.3. The smallest absolute Gasteiger partial charge is 0.322 e. The zero-order chi connectivity index (χ0) is 19.6. The molecule has 0 aliphatic heterocycles. The fraction of sp³-hybridized carbons (Fsp3) is 0.333. The fourth-order valence-electron chi connectivity index (χ4n) is 2.18. The molecule has 0 unspecified atom stereocenters. The van der Waals surface area contributed by atoms with Gasteiger partial charge in [0.25, 0.3) is 11.5 Å². The highest BCUT2D eigenvalue weighted by Gasteiger charge is 2.22. The van der Waals surface area contributed by atoms with E-state index in [1.165, 1.54) is 19.3 Å². The first kappa shape index (κ1) is 19.0. The van der Waals surface area contributed by atoms with Gasteiger partial charge in [-0.25, -0.2) is 4.98 Å². The molecule has 0 atom stereocenters. The van der Waals surface area contributed by atoms with Crippen molar-refractivity contribution in [1.82, 2.24) is 14.9 Å². The number of rotatable bonds is 3. The lowest BCUT2D eigenvalue weighted by molar-refractivity contribution is -0.135. The highest BCUT2D eigenvalue weighted by atomic mass is 16.4. The second-order valence-electron chi connectivity index (χ2n) is 6.76. The standard InChI is InChI=1S/C18H19N3O5/c1-18(2,3)6-5-10-7-11-14(24)13(16(25)20-9-12(22)23)17(26)21(4)15(11)19-8-10/h7-8,24H,9H2,1-4H3,(H,20,25)(H,22,23). The summed E-state index contributed by atoms with van der Waals surface area (Å²) in [6, 6.07) is 1.53. The molecule has 2 rings (SSSR count). The van der Waals surface area contributed by atoms with Crippen molar-refractivity contribution in [2.24, 2.45) is 12.5 Å². The van der Waals surface area contributed by atoms with Crippen molar-refractivity contribution in [2.45, 2.75) is 20.8 Å². The van der Waals surface area contributed by atoms with Gasteiger partial charge in [-0.3, -0.25) is 19.0 Å². The van der Waals surface area contributed by atoms with Crippen LogP contribution in [0.1, 0.15) is 36.7 Å². The molecular weight excluding hydrogens is 338 g/mol. The van der Waals surface area contributed by atoms with Gasteiger partial charge in [0.05, 0.1) is 5.39 Å². The van der Waals surface area contributed by atoms with Crippen molar-refractivity contribution >= 4 is 22.9 Å². The Morgan fingerprint density at radius 1 is 1.35 bits per heavy atom. The van der Waals surface area contributed by atoms with Crippen LogP contribution in [-0.4, -0.2) is 38.2 Å². The molecule has 2 aromatic heterocycles. The van der Waals surface area contributed by atoms with Crippen LogP contribution in [0.2, 0.25) is 0 Å². The first-order valence-electron chi connectivity index (χ1n) is 7.76. The lowest BCUT2D eigenvalue weighted by Gasteiger charge is -2.11. The Labute approximate surface area is 149 Å². The minimum atomic E-state index is -1.27. The highest BCUT2D eigenvalue weighted by molar-refractivity contribution is 6.02. The van der Waals surface area contributed by atoms with E-state index in [0.717, 1.165) is 4.57 Å². The van der Waals surface area contributed by atoms with Crippen molar-refractivity contribution in [3.8, 4) is 17.6 Å². The van der Waals surface area contributed by atoms with E-state index in [-0.39, 0.29) is 16.4 Å². The van der Waals surface area contributed by atoms with Crippen molar-refractivity contribution < 1.29 is 19.8 Å². The molecule has 3 N–H and O–H groups in total. The van der Waals surface area contributed by atoms with E-state index >= 15 is 0 Å². The number of fused-ring (bicyclic) bond motifs is 1. The van der Waals surface area contributed by atoms with E-state index < -0.39 is 35.3 Å². The lowest BCUT2D eigenvalue weighted by Crippen LogP contribution is -2.35. The number of hydrogen-bond acceptors (Lipinski definition) is 5. The molecule has 0 aromatic carbocycles. The fourth-order valence-corrected chi connectivity index (χ4v) is 2.18. The van der Waals surface area contributed by atoms with Crippen LogP contribution in [0.25, 0.3) is 11.0 Å². The monoisotopic (exact) mass is 357 g/mol. The van der Waals surface area contributed by atoms with Crippen molar-refractivity contribution in [2.75, 3.05) is 6.54 Å². The molecule has 0 saturated heterocycles. The predicted molar refractivity (Wildman–Crippen MR) is 95.0 cm³/mol. The second kappa shape index (κ2) is 6.88. The summed E-state index contributed by atoms with van der Waals surface area (Å²) < 4.78 is 1.12. The van der Waals surface area contributed by atoms with Crippen LogP contribution in [0.5, 0.6) is 5.75 Å². The Morgan fingerprint density at radius 2 is 2.00 bits per heavy atom. The van der Waals surface area contributed by atoms with Gasteiger partial charge in [-0.2, -0.15) is 0 Å². The molecule has 2 aromatic rings. The van der Waals surface area contributed by atoms with E-state index in [1.807, 2.05) is 20.8 Å². The molecule has 0 fully saturated rings. The second-order valence-corrected chi connectivity index (χ2v) is 6.76. The van der Waals surface area contributed by atoms with Gasteiger partial charge in [0.1, 0.15) is 23.5 Å². The van der Waals surface area contributed by atoms with Crippen LogP contribution in [-0.2, 0) is 11.8 Å². The van der Waals surface area contributed by atoms with Crippen molar-refractivity contribution in [3.05, 3.63) is 33.7 Å². The van der Waals surface area contributed by atoms with Gasteiger partial charge in [-0.1, -0.05) is 11.8 Å². The van der Waals surface area contributed by atoms with Gasteiger partial charge in [0, 0.05) is 24.2 Å². The number of carbonyl (C=O) groups is 2. The molecule has 1 amide bonds. The molecule has 0 bridgehead atoms. The minimum Gasteiger partial charge on any atom is -0.506 e. The van der Waals surface area contributed by atoms with Crippen molar-refractivity contribution in [1.29, 1.82) is 0 Å². The predicted octanol–water partition coefficient (Wildman–Crippen LogP) is 0.851. The Bertz CT molecular complexity index is 1020. The van der Waals surface area contributed by atoms with Crippen LogP contribution in [0.4, 0.5) is 0 Å². The molecule has 136 valence electrons. The molecule has 0 aliphatic rings. The summed E-state index contributed by atoms with van der Waals surface area (Å²) in [7, 11) is 1.41. The van der Waals surface area contributed by atoms with Gasteiger partial charge in [-0.05, 0) is 26.8 Å². The molecule has 0 spiro atoms. The van der Waals surface area contributed by atoms with Crippen LogP contribution in [0.15, 0.2) is 17.1 Å². The number of aromatic hydroxyl groups is 1. The number of nitrogens with zero attached hydrogens (tertiary/aromatic N) is 2. The molecule has 2 heterocycles. The van der Waals surface area contributed by atoms with E-state index in [0.29, 0.717) is 5.56 Å². The maximum Gasteiger partial charge on any atom is 0.322 e. The number of nitrogens with one attached hydrogen (secondary N) is 1. The zero-order valence-corrected chi connectivity index (χ0v) is 14.9. The van der Waals surface area contributed by atoms with Crippen LogP contribution in [0, 0.1) is 17.3 Å². The Morgan fingerprint density at radius 3 is 2.58 bits per heavy atom. The third-order valence-corrected chi connectivity index (χ3v) is 3.40. The average Bonchev–Trinajstić information content (AvgIpc) is 2.55. The number of amides is 1. The maximum atomic E-state index is 12.4. The average molecular weight is 357 g/mol. The quantitative estimate of drug-likeness (QED) is 0.700. The van der Waals surface area contributed by atoms with Gasteiger partial charge in [0.15, 0.2) is 0 Å². The number of aromatic nitrogens is 2. The van der Waals surface area contributed by atoms with E-state index in [9.17, 15) is 19.5 Å². The molecule has 0 aliphatic carbocycles. The Hall–Kier alpha value is -3.34. The Kier molecular flexibility index (Phi) is 5.02. The summed E-state index contributed by atoms with van der Waals surface area (Å²) in [6.45, 7) is 5.16. The van der Waals surface area contributed by atoms with Crippen molar-refractivity contribution in [3.63, 3.8) is 0 Å². The van der Waals surface area contributed by atoms with Crippen LogP contribution in [0.3, 0.4) is 0 Å². The number of carboxylic acids is 1. The largest absolute Gasteiger partial charge is 0.506 e. The first-order valence-corrected chi connectivity index (χ1v) is 7.76. The summed E-state index contributed by atoms with van der Waals surface area (Å²) >= 11 is 0. The summed E-state index contributed by atoms with van der Waals surface area (Å²) in [5.41, 5.74) is -0.854. The summed E-state index contributed by atoms with van der Waals surface area (Å²) in [4.78, 5) is 39.2. The molecule has 26 heavy (non-hydrogen) atoms. The number of aryl methyl sites for hydroxylation is 1. The number of carboxylic acid groups (broad SMARTS) is 1. The van der Waals surface area contributed by atoms with Gasteiger partial charge >= 0.3 is 5.97 Å². The van der Waals surface area contributed by atoms with Gasteiger partial charge in [0.2, 0.25) is 0 Å². The Balaban J connectivity index is 2.64. The minimum absolute atomic E-state index is 0.174. The summed E-state index contributed by atoms with van der Waals surface area (Å²) in [5.74, 6) is 3.17. The topological polar surface area (TPSA) is 122 Å². The number of carbonyl (C=O) groups excluding carboxylic acids is 1. The van der Waals surface area contributed by atoms with Crippen LogP contribution < -0.4 is 10.9 Å². The molecule has 8 heteroatoms. The normalized spacial score (nSPS) is 10.9. The van der Waals surface area contributed by atoms with E-state index in [2.05, 4.69) is 22.1 Å². The molecule has 8 nitrogen and oxygen atoms in total.